The summed E-state index contributed by atoms with van der Waals surface area (Å²) in [6, 6.07) is 14.8. The van der Waals surface area contributed by atoms with Gasteiger partial charge in [0.1, 0.15) is 17.2 Å². The third kappa shape index (κ3) is 4.32. The van der Waals surface area contributed by atoms with Crippen molar-refractivity contribution < 1.29 is 22.5 Å². The van der Waals surface area contributed by atoms with Crippen molar-refractivity contribution in [1.82, 2.24) is 0 Å². The Hall–Kier alpha value is -3.62. The lowest BCUT2D eigenvalue weighted by Gasteiger charge is -2.08. The molecule has 0 saturated heterocycles. The fraction of sp³-hybridized carbons (Fsp3) is 0.0556. The second-order valence-electron chi connectivity index (χ2n) is 5.42. The molecule has 9 heteroatoms. The molecule has 27 heavy (non-hydrogen) atoms. The van der Waals surface area contributed by atoms with Crippen LogP contribution in [0.4, 0.5) is 24.5 Å². The number of halogens is 3. The van der Waals surface area contributed by atoms with Crippen molar-refractivity contribution in [3.8, 4) is 11.3 Å². The van der Waals surface area contributed by atoms with Crippen LogP contribution in [0.15, 0.2) is 70.2 Å². The van der Waals surface area contributed by atoms with Gasteiger partial charge in [0.15, 0.2) is 0 Å². The van der Waals surface area contributed by atoms with Crippen LogP contribution in [0, 0.1) is 10.1 Å². The molecule has 0 aliphatic rings. The van der Waals surface area contributed by atoms with E-state index in [0.717, 1.165) is 17.7 Å². The Balaban J connectivity index is 1.77. The zero-order chi connectivity index (χ0) is 19.4. The molecule has 0 radical (unpaired) electrons. The van der Waals surface area contributed by atoms with Gasteiger partial charge in [-0.15, -0.1) is 0 Å². The van der Waals surface area contributed by atoms with E-state index >= 15 is 0 Å². The average Bonchev–Trinajstić information content (AvgIpc) is 3.10. The maximum Gasteiger partial charge on any atom is 0.416 e. The van der Waals surface area contributed by atoms with Crippen LogP contribution in [-0.2, 0) is 6.18 Å². The summed E-state index contributed by atoms with van der Waals surface area (Å²) in [5, 5.41) is 14.8. The van der Waals surface area contributed by atoms with Crippen molar-refractivity contribution in [1.29, 1.82) is 0 Å². The predicted molar refractivity (Wildman–Crippen MR) is 93.5 cm³/mol. The first-order valence-corrected chi connectivity index (χ1v) is 7.64. The molecule has 1 aromatic heterocycles. The first kappa shape index (κ1) is 18.2. The van der Waals surface area contributed by atoms with E-state index in [1.165, 1.54) is 6.21 Å². The second kappa shape index (κ2) is 7.32. The number of nitro benzene ring substituents is 1. The van der Waals surface area contributed by atoms with Gasteiger partial charge in [0.2, 0.25) is 0 Å². The van der Waals surface area contributed by atoms with Crippen LogP contribution in [0.25, 0.3) is 11.3 Å². The highest BCUT2D eigenvalue weighted by atomic mass is 19.4. The highest BCUT2D eigenvalue weighted by Crippen LogP contribution is 2.35. The summed E-state index contributed by atoms with van der Waals surface area (Å²) in [6.07, 6.45) is -3.40. The molecule has 6 nitrogen and oxygen atoms in total. The Morgan fingerprint density at radius 2 is 1.81 bits per heavy atom. The molecule has 0 aliphatic carbocycles. The molecule has 1 heterocycles. The number of nitro groups is 1. The van der Waals surface area contributed by atoms with Gasteiger partial charge >= 0.3 is 6.18 Å². The van der Waals surface area contributed by atoms with E-state index in [4.69, 9.17) is 4.42 Å². The number of furan rings is 1. The molecule has 2 aromatic carbocycles. The van der Waals surface area contributed by atoms with Gasteiger partial charge in [0, 0.05) is 11.6 Å². The third-order valence-corrected chi connectivity index (χ3v) is 3.58. The van der Waals surface area contributed by atoms with Gasteiger partial charge in [0.25, 0.3) is 5.69 Å². The number of alkyl halides is 3. The molecule has 0 saturated carbocycles. The predicted octanol–water partition coefficient (Wildman–Crippen LogP) is 5.32. The molecule has 0 aliphatic heterocycles. The number of anilines is 1. The van der Waals surface area contributed by atoms with Crippen molar-refractivity contribution in [2.24, 2.45) is 5.10 Å². The fourth-order valence-electron chi connectivity index (χ4n) is 2.30. The Labute approximate surface area is 151 Å². The molecule has 138 valence electrons. The first-order chi connectivity index (χ1) is 12.8. The Morgan fingerprint density at radius 3 is 2.48 bits per heavy atom. The molecule has 0 bridgehead atoms. The monoisotopic (exact) mass is 375 g/mol. The SMILES string of the molecule is O=[N+]([O-])c1cc(C(F)(F)F)ccc1N/N=C\c1ccc(-c2ccccc2)o1. The Bertz CT molecular complexity index is 982. The molecule has 0 spiro atoms. The number of nitrogens with zero attached hydrogens (tertiary/aromatic N) is 2. The van der Waals surface area contributed by atoms with E-state index in [1.54, 1.807) is 12.1 Å². The van der Waals surface area contributed by atoms with Gasteiger partial charge in [0.05, 0.1) is 16.7 Å². The quantitative estimate of drug-likeness (QED) is 0.372. The molecule has 0 fully saturated rings. The number of rotatable bonds is 5. The molecule has 0 amide bonds. The topological polar surface area (TPSA) is 80.7 Å². The zero-order valence-corrected chi connectivity index (χ0v) is 13.6. The molecular formula is C18H12F3N3O3. The normalized spacial score (nSPS) is 11.7. The van der Waals surface area contributed by atoms with Crippen molar-refractivity contribution in [2.75, 3.05) is 5.43 Å². The van der Waals surface area contributed by atoms with Gasteiger partial charge in [-0.1, -0.05) is 30.3 Å². The van der Waals surface area contributed by atoms with E-state index in [2.05, 4.69) is 10.5 Å². The summed E-state index contributed by atoms with van der Waals surface area (Å²) < 4.78 is 43.7. The zero-order valence-electron chi connectivity index (χ0n) is 13.6. The van der Waals surface area contributed by atoms with Gasteiger partial charge in [-0.25, -0.2) is 0 Å². The lowest BCUT2D eigenvalue weighted by atomic mass is 10.1. The average molecular weight is 375 g/mol. The summed E-state index contributed by atoms with van der Waals surface area (Å²) in [5.74, 6) is 0.980. The van der Waals surface area contributed by atoms with Gasteiger partial charge in [-0.3, -0.25) is 15.5 Å². The molecule has 3 aromatic rings. The van der Waals surface area contributed by atoms with Crippen LogP contribution >= 0.6 is 0 Å². The third-order valence-electron chi connectivity index (χ3n) is 3.58. The van der Waals surface area contributed by atoms with Crippen LogP contribution in [0.3, 0.4) is 0 Å². The Morgan fingerprint density at radius 1 is 1.07 bits per heavy atom. The summed E-state index contributed by atoms with van der Waals surface area (Å²) in [5.41, 5.74) is 1.23. The minimum atomic E-state index is -4.67. The van der Waals surface area contributed by atoms with E-state index in [1.807, 2.05) is 30.3 Å². The number of hydrogen-bond acceptors (Lipinski definition) is 5. The van der Waals surface area contributed by atoms with Crippen LogP contribution in [0.2, 0.25) is 0 Å². The van der Waals surface area contributed by atoms with Gasteiger partial charge in [-0.05, 0) is 24.3 Å². The van der Waals surface area contributed by atoms with Crippen molar-refractivity contribution in [3.05, 3.63) is 82.1 Å². The molecular weight excluding hydrogens is 363 g/mol. The molecule has 1 N–H and O–H groups in total. The van der Waals surface area contributed by atoms with E-state index in [-0.39, 0.29) is 5.69 Å². The highest BCUT2D eigenvalue weighted by Gasteiger charge is 2.33. The Kier molecular flexibility index (Phi) is 4.93. The van der Waals surface area contributed by atoms with Crippen molar-refractivity contribution >= 4 is 17.6 Å². The van der Waals surface area contributed by atoms with Gasteiger partial charge in [-0.2, -0.15) is 18.3 Å². The molecule has 3 rings (SSSR count). The minimum absolute atomic E-state index is 0.168. The number of nitrogens with one attached hydrogen (secondary N) is 1. The van der Waals surface area contributed by atoms with Crippen molar-refractivity contribution in [2.45, 2.75) is 6.18 Å². The highest BCUT2D eigenvalue weighted by molar-refractivity contribution is 5.78. The standard InChI is InChI=1S/C18H12F3N3O3/c19-18(20,21)13-6-8-15(16(10-13)24(25)26)23-22-11-14-7-9-17(27-14)12-4-2-1-3-5-12/h1-11,23H/b22-11-. The summed E-state index contributed by atoms with van der Waals surface area (Å²) >= 11 is 0. The first-order valence-electron chi connectivity index (χ1n) is 7.64. The van der Waals surface area contributed by atoms with Gasteiger partial charge < -0.3 is 4.42 Å². The van der Waals surface area contributed by atoms with Crippen LogP contribution in [0.1, 0.15) is 11.3 Å². The maximum atomic E-state index is 12.7. The van der Waals surface area contributed by atoms with Crippen molar-refractivity contribution in [3.63, 3.8) is 0 Å². The number of hydrazone groups is 1. The molecule has 0 atom stereocenters. The summed E-state index contributed by atoms with van der Waals surface area (Å²) in [4.78, 5) is 10.1. The van der Waals surface area contributed by atoms with E-state index in [9.17, 15) is 23.3 Å². The summed E-state index contributed by atoms with van der Waals surface area (Å²) in [7, 11) is 0. The summed E-state index contributed by atoms with van der Waals surface area (Å²) in [6.45, 7) is 0. The molecule has 0 unspecified atom stereocenters. The van der Waals surface area contributed by atoms with E-state index in [0.29, 0.717) is 17.6 Å². The number of benzene rings is 2. The van der Waals surface area contributed by atoms with Crippen LogP contribution in [-0.4, -0.2) is 11.1 Å². The maximum absolute atomic E-state index is 12.7. The second-order valence-corrected chi connectivity index (χ2v) is 5.42. The largest absolute Gasteiger partial charge is 0.455 e. The minimum Gasteiger partial charge on any atom is -0.455 e. The fourth-order valence-corrected chi connectivity index (χ4v) is 2.30. The lowest BCUT2D eigenvalue weighted by molar-refractivity contribution is -0.384. The van der Waals surface area contributed by atoms with Crippen LogP contribution in [0.5, 0.6) is 0 Å². The smallest absolute Gasteiger partial charge is 0.416 e. The van der Waals surface area contributed by atoms with E-state index < -0.39 is 22.4 Å². The lowest BCUT2D eigenvalue weighted by Crippen LogP contribution is -2.06. The number of hydrogen-bond donors (Lipinski definition) is 1. The van der Waals surface area contributed by atoms with Crippen LogP contribution < -0.4 is 5.43 Å².